The van der Waals surface area contributed by atoms with Crippen molar-refractivity contribution in [1.29, 1.82) is 0 Å². The Morgan fingerprint density at radius 2 is 2.36 bits per heavy atom. The summed E-state index contributed by atoms with van der Waals surface area (Å²) in [5, 5.41) is 7.27. The predicted molar refractivity (Wildman–Crippen MR) is 39.5 cm³/mol. The fraction of sp³-hybridized carbons (Fsp3) is 0. The Bertz CT molecular complexity index is 317. The zero-order chi connectivity index (χ0) is 7.52. The van der Waals surface area contributed by atoms with E-state index in [1.54, 1.807) is 18.5 Å². The third-order valence-corrected chi connectivity index (χ3v) is 1.27. The highest BCUT2D eigenvalue weighted by Gasteiger charge is 1.99. The Morgan fingerprint density at radius 1 is 1.36 bits per heavy atom. The van der Waals surface area contributed by atoms with E-state index in [0.29, 0.717) is 0 Å². The molecule has 0 spiro atoms. The molecular formula is C6H5N5. The number of aromatic nitrogens is 2. The van der Waals surface area contributed by atoms with Gasteiger partial charge in [0.1, 0.15) is 12.0 Å². The number of hydrogen-bond acceptors (Lipinski definition) is 5. The van der Waals surface area contributed by atoms with Crippen LogP contribution in [-0.2, 0) is 0 Å². The van der Waals surface area contributed by atoms with Gasteiger partial charge in [-0.05, 0) is 6.08 Å². The molecule has 54 valence electrons. The molecule has 0 saturated heterocycles. The topological polar surface area (TPSA) is 62.5 Å². The van der Waals surface area contributed by atoms with E-state index in [9.17, 15) is 0 Å². The Hall–Kier alpha value is -1.78. The second-order valence-corrected chi connectivity index (χ2v) is 1.96. The molecule has 1 aliphatic heterocycles. The summed E-state index contributed by atoms with van der Waals surface area (Å²) in [6, 6.07) is 0. The molecule has 0 aliphatic carbocycles. The fourth-order valence-electron chi connectivity index (χ4n) is 0.778. The highest BCUT2D eigenvalue weighted by Crippen LogP contribution is 2.14. The zero-order valence-electron chi connectivity index (χ0n) is 5.60. The second kappa shape index (κ2) is 2.45. The third kappa shape index (κ3) is 1.07. The van der Waals surface area contributed by atoms with Crippen molar-refractivity contribution in [2.24, 2.45) is 10.3 Å². The van der Waals surface area contributed by atoms with E-state index in [-0.39, 0.29) is 0 Å². The third-order valence-electron chi connectivity index (χ3n) is 1.27. The van der Waals surface area contributed by atoms with Gasteiger partial charge in [0, 0.05) is 0 Å². The molecule has 0 amide bonds. The Morgan fingerprint density at radius 3 is 3.36 bits per heavy atom. The maximum Gasteiger partial charge on any atom is 0.116 e. The Balaban J connectivity index is 2.52. The van der Waals surface area contributed by atoms with Crippen LogP contribution in [0.3, 0.4) is 0 Å². The lowest BCUT2D eigenvalue weighted by Gasteiger charge is -1.97. The minimum absolute atomic E-state index is 0.769. The van der Waals surface area contributed by atoms with Crippen molar-refractivity contribution in [1.82, 2.24) is 9.97 Å². The Labute approximate surface area is 62.9 Å². The minimum Gasteiger partial charge on any atom is -0.256 e. The molecule has 1 aromatic rings. The molecule has 0 aromatic carbocycles. The largest absolute Gasteiger partial charge is 0.256 e. The predicted octanol–water partition coefficient (Wildman–Crippen LogP) is 1.24. The van der Waals surface area contributed by atoms with Crippen molar-refractivity contribution >= 4 is 11.8 Å². The van der Waals surface area contributed by atoms with Crippen molar-refractivity contribution in [3.8, 4) is 0 Å². The summed E-state index contributed by atoms with van der Waals surface area (Å²) < 4.78 is 0. The first-order valence-electron chi connectivity index (χ1n) is 3.09. The van der Waals surface area contributed by atoms with Gasteiger partial charge < -0.3 is 0 Å². The van der Waals surface area contributed by atoms with Crippen molar-refractivity contribution in [3.63, 3.8) is 0 Å². The standard InChI is InChI=1S/C6H5N5/c1-2-9-11-10-6-3-7-4-8-5(1)6/h1-4H,(H,9,10). The van der Waals surface area contributed by atoms with Gasteiger partial charge in [-0.15, -0.1) is 5.11 Å². The van der Waals surface area contributed by atoms with Crippen molar-refractivity contribution in [3.05, 3.63) is 24.4 Å². The molecule has 0 unspecified atom stereocenters. The van der Waals surface area contributed by atoms with Crippen molar-refractivity contribution in [2.75, 3.05) is 5.43 Å². The molecule has 0 fully saturated rings. The van der Waals surface area contributed by atoms with E-state index in [1.807, 2.05) is 0 Å². The smallest absolute Gasteiger partial charge is 0.116 e. The van der Waals surface area contributed by atoms with Gasteiger partial charge in [-0.2, -0.15) is 0 Å². The monoisotopic (exact) mass is 147 g/mol. The number of nitrogens with one attached hydrogen (secondary N) is 1. The van der Waals surface area contributed by atoms with Crippen LogP contribution >= 0.6 is 0 Å². The summed E-state index contributed by atoms with van der Waals surface area (Å²) in [7, 11) is 0. The van der Waals surface area contributed by atoms with E-state index >= 15 is 0 Å². The van der Waals surface area contributed by atoms with Gasteiger partial charge in [0.05, 0.1) is 18.1 Å². The number of rotatable bonds is 0. The molecule has 11 heavy (non-hydrogen) atoms. The average Bonchev–Trinajstić information content (AvgIpc) is 2.28. The molecule has 0 bridgehead atoms. The van der Waals surface area contributed by atoms with E-state index in [4.69, 9.17) is 0 Å². The number of anilines is 1. The van der Waals surface area contributed by atoms with Crippen molar-refractivity contribution in [2.45, 2.75) is 0 Å². The summed E-state index contributed by atoms with van der Waals surface area (Å²) in [6.07, 6.45) is 6.47. The van der Waals surface area contributed by atoms with Gasteiger partial charge in [-0.25, -0.2) is 9.97 Å². The molecule has 1 N–H and O–H groups in total. The van der Waals surface area contributed by atoms with Crippen LogP contribution in [0.4, 0.5) is 5.69 Å². The quantitative estimate of drug-likeness (QED) is 0.600. The van der Waals surface area contributed by atoms with E-state index < -0.39 is 0 Å². The summed E-state index contributed by atoms with van der Waals surface area (Å²) in [4.78, 5) is 7.83. The molecule has 0 radical (unpaired) electrons. The molecule has 1 aromatic heterocycles. The molecule has 2 rings (SSSR count). The summed E-state index contributed by atoms with van der Waals surface area (Å²) >= 11 is 0. The molecular weight excluding hydrogens is 142 g/mol. The van der Waals surface area contributed by atoms with Crippen LogP contribution in [0.5, 0.6) is 0 Å². The van der Waals surface area contributed by atoms with Gasteiger partial charge >= 0.3 is 0 Å². The molecule has 5 heteroatoms. The minimum atomic E-state index is 0.769. The highest BCUT2D eigenvalue weighted by atomic mass is 15.4. The number of nitrogens with zero attached hydrogens (tertiary/aromatic N) is 4. The molecule has 5 nitrogen and oxygen atoms in total. The van der Waals surface area contributed by atoms with Crippen LogP contribution in [0.25, 0.3) is 6.08 Å². The lowest BCUT2D eigenvalue weighted by atomic mass is 10.3. The first-order chi connectivity index (χ1) is 5.47. The van der Waals surface area contributed by atoms with Gasteiger partial charge in [-0.1, -0.05) is 5.22 Å². The summed E-state index contributed by atoms with van der Waals surface area (Å²) in [5.74, 6) is 0. The van der Waals surface area contributed by atoms with E-state index in [1.165, 1.54) is 6.33 Å². The summed E-state index contributed by atoms with van der Waals surface area (Å²) in [5.41, 5.74) is 4.26. The normalized spacial score (nSPS) is 13.5. The van der Waals surface area contributed by atoms with Crippen molar-refractivity contribution < 1.29 is 0 Å². The first kappa shape index (κ1) is 5.96. The van der Waals surface area contributed by atoms with Crippen LogP contribution < -0.4 is 5.43 Å². The maximum absolute atomic E-state index is 4.00. The van der Waals surface area contributed by atoms with Gasteiger partial charge in [-0.3, -0.25) is 5.43 Å². The highest BCUT2D eigenvalue weighted by molar-refractivity contribution is 5.61. The van der Waals surface area contributed by atoms with Crippen LogP contribution in [0.1, 0.15) is 5.69 Å². The summed E-state index contributed by atoms with van der Waals surface area (Å²) in [6.45, 7) is 0. The van der Waals surface area contributed by atoms with Crippen LogP contribution in [0, 0.1) is 0 Å². The van der Waals surface area contributed by atoms with E-state index in [0.717, 1.165) is 11.4 Å². The van der Waals surface area contributed by atoms with Crippen LogP contribution in [0.2, 0.25) is 0 Å². The molecule has 0 atom stereocenters. The molecule has 0 saturated carbocycles. The zero-order valence-corrected chi connectivity index (χ0v) is 5.60. The maximum atomic E-state index is 4.00. The van der Waals surface area contributed by atoms with E-state index in [2.05, 4.69) is 25.7 Å². The number of hydrogen-bond donors (Lipinski definition) is 1. The van der Waals surface area contributed by atoms with Crippen LogP contribution in [-0.4, -0.2) is 9.97 Å². The van der Waals surface area contributed by atoms with Gasteiger partial charge in [0.25, 0.3) is 0 Å². The Kier molecular flexibility index (Phi) is 1.33. The first-order valence-corrected chi connectivity index (χ1v) is 3.09. The molecule has 1 aliphatic rings. The number of fused-ring (bicyclic) bond motifs is 1. The lowest BCUT2D eigenvalue weighted by Crippen LogP contribution is -1.92. The van der Waals surface area contributed by atoms with Gasteiger partial charge in [0.15, 0.2) is 0 Å². The SMILES string of the molecule is C1=Cc2ncncc2NN=N1. The average molecular weight is 147 g/mol. The van der Waals surface area contributed by atoms with Crippen LogP contribution in [0.15, 0.2) is 29.1 Å². The lowest BCUT2D eigenvalue weighted by molar-refractivity contribution is 1.10. The fourth-order valence-corrected chi connectivity index (χ4v) is 0.778. The second-order valence-electron chi connectivity index (χ2n) is 1.96. The molecule has 2 heterocycles. The van der Waals surface area contributed by atoms with Gasteiger partial charge in [0.2, 0.25) is 0 Å².